The van der Waals surface area contributed by atoms with Gasteiger partial charge < -0.3 is 9.88 Å². The van der Waals surface area contributed by atoms with Gasteiger partial charge in [-0.15, -0.1) is 0 Å². The zero-order valence-electron chi connectivity index (χ0n) is 15.0. The number of fused-ring (bicyclic) bond motifs is 1. The van der Waals surface area contributed by atoms with Gasteiger partial charge in [-0.1, -0.05) is 12.8 Å². The fourth-order valence-electron chi connectivity index (χ4n) is 4.97. The lowest BCUT2D eigenvalue weighted by atomic mass is 9.78. The topological polar surface area (TPSA) is 56.4 Å². The van der Waals surface area contributed by atoms with E-state index < -0.39 is 0 Å². The molecule has 4 rings (SSSR count). The van der Waals surface area contributed by atoms with E-state index in [0.717, 1.165) is 38.4 Å². The molecule has 2 saturated heterocycles. The van der Waals surface area contributed by atoms with Crippen molar-refractivity contribution in [2.45, 2.75) is 57.4 Å². The summed E-state index contributed by atoms with van der Waals surface area (Å²) in [4.78, 5) is 32.5. The number of hydrogen-bond donors (Lipinski definition) is 1. The second kappa shape index (κ2) is 7.32. The number of piperidine rings is 1. The minimum Gasteiger partial charge on any atom is -0.356 e. The molecule has 1 saturated carbocycles. The number of carbonyl (C=O) groups excluding carboxylic acids is 2. The maximum atomic E-state index is 12.8. The van der Waals surface area contributed by atoms with Crippen LogP contribution in [0.15, 0.2) is 12.3 Å². The molecule has 3 fully saturated rings. The summed E-state index contributed by atoms with van der Waals surface area (Å²) < 4.78 is 0. The van der Waals surface area contributed by atoms with E-state index in [1.54, 1.807) is 12.3 Å². The molecule has 5 nitrogen and oxygen atoms in total. The van der Waals surface area contributed by atoms with E-state index in [1.807, 2.05) is 4.90 Å². The van der Waals surface area contributed by atoms with E-state index in [0.29, 0.717) is 23.8 Å². The van der Waals surface area contributed by atoms with Gasteiger partial charge in [0.25, 0.3) is 5.91 Å². The summed E-state index contributed by atoms with van der Waals surface area (Å²) in [5, 5.41) is 0. The monoisotopic (exact) mass is 343 g/mol. The highest BCUT2D eigenvalue weighted by Gasteiger charge is 2.34. The molecule has 0 aromatic carbocycles. The number of aromatic nitrogens is 1. The molecule has 136 valence electrons. The summed E-state index contributed by atoms with van der Waals surface area (Å²) in [5.41, 5.74) is 1.21. The van der Waals surface area contributed by atoms with E-state index in [4.69, 9.17) is 0 Å². The largest absolute Gasteiger partial charge is 0.356 e. The molecule has 1 aromatic heterocycles. The standard InChI is InChI=1S/C20H29N3O2/c24-19(14-23-11-5-7-15-6-1-2-8-18(15)23)16-12-17(21-13-16)20(25)22-9-3-4-10-22/h12-13,15,18,21H,1-11,14H2. The third-order valence-electron chi connectivity index (χ3n) is 6.33. The molecule has 5 heteroatoms. The van der Waals surface area contributed by atoms with Crippen LogP contribution in [0.25, 0.3) is 0 Å². The molecule has 2 aliphatic heterocycles. The van der Waals surface area contributed by atoms with Gasteiger partial charge in [-0.2, -0.15) is 0 Å². The summed E-state index contributed by atoms with van der Waals surface area (Å²) in [6, 6.07) is 2.35. The number of Topliss-reactive ketones (excluding diaryl/α,β-unsaturated/α-hetero) is 1. The van der Waals surface area contributed by atoms with Crippen molar-refractivity contribution in [3.8, 4) is 0 Å². The predicted octanol–water partition coefficient (Wildman–Crippen LogP) is 3.09. The molecule has 1 N–H and O–H groups in total. The molecule has 0 spiro atoms. The van der Waals surface area contributed by atoms with Gasteiger partial charge in [-0.05, 0) is 57.1 Å². The smallest absolute Gasteiger partial charge is 0.270 e. The Morgan fingerprint density at radius 1 is 1.00 bits per heavy atom. The van der Waals surface area contributed by atoms with Gasteiger partial charge in [0.05, 0.1) is 6.54 Å². The summed E-state index contributed by atoms with van der Waals surface area (Å²) in [5.74, 6) is 0.957. The number of amides is 1. The van der Waals surface area contributed by atoms with Gasteiger partial charge in [0.2, 0.25) is 0 Å². The van der Waals surface area contributed by atoms with Crippen molar-refractivity contribution in [1.82, 2.24) is 14.8 Å². The summed E-state index contributed by atoms with van der Waals surface area (Å²) >= 11 is 0. The average molecular weight is 343 g/mol. The first kappa shape index (κ1) is 16.8. The van der Waals surface area contributed by atoms with Crippen molar-refractivity contribution in [2.24, 2.45) is 5.92 Å². The fraction of sp³-hybridized carbons (Fsp3) is 0.700. The van der Waals surface area contributed by atoms with Crippen LogP contribution in [0.3, 0.4) is 0 Å². The first-order valence-electron chi connectivity index (χ1n) is 9.97. The van der Waals surface area contributed by atoms with Crippen molar-refractivity contribution < 1.29 is 9.59 Å². The number of likely N-dealkylation sites (tertiary alicyclic amines) is 2. The van der Waals surface area contributed by atoms with Crippen LogP contribution in [0.5, 0.6) is 0 Å². The quantitative estimate of drug-likeness (QED) is 0.855. The molecule has 2 atom stereocenters. The summed E-state index contributed by atoms with van der Waals surface area (Å²) in [7, 11) is 0. The Morgan fingerprint density at radius 2 is 1.76 bits per heavy atom. The highest BCUT2D eigenvalue weighted by molar-refractivity contribution is 6.01. The average Bonchev–Trinajstić information content (AvgIpc) is 3.33. The Kier molecular flexibility index (Phi) is 4.93. The number of nitrogens with one attached hydrogen (secondary N) is 1. The van der Waals surface area contributed by atoms with Gasteiger partial charge in [0, 0.05) is 30.9 Å². The third-order valence-corrected chi connectivity index (χ3v) is 6.33. The van der Waals surface area contributed by atoms with Gasteiger partial charge in [-0.3, -0.25) is 14.5 Å². The number of ketones is 1. The van der Waals surface area contributed by atoms with Gasteiger partial charge in [0.15, 0.2) is 5.78 Å². The first-order chi connectivity index (χ1) is 12.2. The van der Waals surface area contributed by atoms with Crippen LogP contribution in [-0.2, 0) is 0 Å². The molecule has 2 unspecified atom stereocenters. The minimum absolute atomic E-state index is 0.0295. The molecule has 1 aromatic rings. The number of rotatable bonds is 4. The molecular formula is C20H29N3O2. The van der Waals surface area contributed by atoms with E-state index in [9.17, 15) is 9.59 Å². The SMILES string of the molecule is O=C(CN1CCCC2CCCCC21)c1c[nH]c(C(=O)N2CCCC2)c1. The summed E-state index contributed by atoms with van der Waals surface area (Å²) in [6.07, 6.45) is 11.6. The molecular weight excluding hydrogens is 314 g/mol. The molecule has 3 heterocycles. The molecule has 0 radical (unpaired) electrons. The number of hydrogen-bond acceptors (Lipinski definition) is 3. The highest BCUT2D eigenvalue weighted by atomic mass is 16.2. The van der Waals surface area contributed by atoms with Crippen LogP contribution in [0.1, 0.15) is 72.2 Å². The second-order valence-electron chi connectivity index (χ2n) is 7.95. The van der Waals surface area contributed by atoms with E-state index >= 15 is 0 Å². The van der Waals surface area contributed by atoms with Crippen LogP contribution in [0.2, 0.25) is 0 Å². The number of carbonyl (C=O) groups is 2. The molecule has 1 aliphatic carbocycles. The molecule has 25 heavy (non-hydrogen) atoms. The Morgan fingerprint density at radius 3 is 2.60 bits per heavy atom. The van der Waals surface area contributed by atoms with E-state index in [2.05, 4.69) is 9.88 Å². The fourth-order valence-corrected chi connectivity index (χ4v) is 4.97. The van der Waals surface area contributed by atoms with Gasteiger partial charge in [0.1, 0.15) is 5.69 Å². The lowest BCUT2D eigenvalue weighted by molar-refractivity contribution is 0.0539. The van der Waals surface area contributed by atoms with Crippen molar-refractivity contribution in [3.63, 3.8) is 0 Å². The molecule has 1 amide bonds. The summed E-state index contributed by atoms with van der Waals surface area (Å²) in [6.45, 7) is 3.20. The third kappa shape index (κ3) is 3.52. The normalized spacial score (nSPS) is 27.3. The Bertz CT molecular complexity index is 631. The molecule has 0 bridgehead atoms. The number of aromatic amines is 1. The Labute approximate surface area is 149 Å². The lowest BCUT2D eigenvalue weighted by Gasteiger charge is -2.43. The zero-order valence-corrected chi connectivity index (χ0v) is 15.0. The maximum absolute atomic E-state index is 12.8. The second-order valence-corrected chi connectivity index (χ2v) is 7.95. The van der Waals surface area contributed by atoms with E-state index in [-0.39, 0.29) is 11.7 Å². The van der Waals surface area contributed by atoms with Crippen LogP contribution >= 0.6 is 0 Å². The van der Waals surface area contributed by atoms with Gasteiger partial charge >= 0.3 is 0 Å². The van der Waals surface area contributed by atoms with E-state index in [1.165, 1.54) is 38.5 Å². The Hall–Kier alpha value is -1.62. The predicted molar refractivity (Wildman–Crippen MR) is 96.8 cm³/mol. The van der Waals surface area contributed by atoms with Crippen molar-refractivity contribution in [1.29, 1.82) is 0 Å². The van der Waals surface area contributed by atoms with Crippen molar-refractivity contribution in [2.75, 3.05) is 26.2 Å². The zero-order chi connectivity index (χ0) is 17.2. The Balaban J connectivity index is 1.40. The first-order valence-corrected chi connectivity index (χ1v) is 9.97. The number of H-pyrrole nitrogens is 1. The number of nitrogens with zero attached hydrogens (tertiary/aromatic N) is 2. The van der Waals surface area contributed by atoms with Gasteiger partial charge in [-0.25, -0.2) is 0 Å². The lowest BCUT2D eigenvalue weighted by Crippen LogP contribution is -2.48. The maximum Gasteiger partial charge on any atom is 0.270 e. The highest BCUT2D eigenvalue weighted by Crippen LogP contribution is 2.35. The van der Waals surface area contributed by atoms with Crippen LogP contribution < -0.4 is 0 Å². The van der Waals surface area contributed by atoms with Crippen LogP contribution in [-0.4, -0.2) is 58.7 Å². The van der Waals surface area contributed by atoms with Crippen LogP contribution in [0, 0.1) is 5.92 Å². The van der Waals surface area contributed by atoms with Crippen LogP contribution in [0.4, 0.5) is 0 Å². The van der Waals surface area contributed by atoms with Crippen molar-refractivity contribution >= 4 is 11.7 Å². The van der Waals surface area contributed by atoms with Crippen molar-refractivity contribution in [3.05, 3.63) is 23.5 Å². The minimum atomic E-state index is 0.0295. The molecule has 3 aliphatic rings.